The van der Waals surface area contributed by atoms with Crippen molar-refractivity contribution < 1.29 is 22.7 Å². The van der Waals surface area contributed by atoms with Crippen molar-refractivity contribution >= 4 is 17.5 Å². The summed E-state index contributed by atoms with van der Waals surface area (Å²) in [5.41, 5.74) is 0.425. The lowest BCUT2D eigenvalue weighted by Gasteiger charge is -2.16. The zero-order chi connectivity index (χ0) is 18.6. The van der Waals surface area contributed by atoms with Crippen molar-refractivity contribution in [3.63, 3.8) is 0 Å². The molecule has 0 aromatic heterocycles. The van der Waals surface area contributed by atoms with E-state index in [1.165, 1.54) is 12.1 Å². The lowest BCUT2D eigenvalue weighted by Crippen LogP contribution is -2.35. The summed E-state index contributed by atoms with van der Waals surface area (Å²) in [6, 6.07) is 9.84. The van der Waals surface area contributed by atoms with Crippen LogP contribution in [0.5, 0.6) is 5.75 Å². The van der Waals surface area contributed by atoms with Crippen LogP contribution in [0.15, 0.2) is 42.5 Å². The Hall–Kier alpha value is -2.21. The van der Waals surface area contributed by atoms with Gasteiger partial charge in [0, 0.05) is 11.6 Å². The average molecular weight is 372 g/mol. The molecule has 0 saturated carbocycles. The van der Waals surface area contributed by atoms with Crippen LogP contribution in [0, 0.1) is 6.92 Å². The third-order valence-corrected chi connectivity index (χ3v) is 3.96. The Kier molecular flexibility index (Phi) is 5.95. The first kappa shape index (κ1) is 19.1. The molecule has 0 saturated heterocycles. The van der Waals surface area contributed by atoms with Gasteiger partial charge in [0.1, 0.15) is 5.75 Å². The Labute approximate surface area is 148 Å². The van der Waals surface area contributed by atoms with Crippen LogP contribution < -0.4 is 10.1 Å². The number of hydrogen-bond donors (Lipinski definition) is 1. The van der Waals surface area contributed by atoms with Crippen molar-refractivity contribution in [2.45, 2.75) is 32.7 Å². The minimum Gasteiger partial charge on any atom is -0.481 e. The largest absolute Gasteiger partial charge is 0.481 e. The second-order valence-corrected chi connectivity index (χ2v) is 5.99. The number of rotatable bonds is 5. The predicted octanol–water partition coefficient (Wildman–Crippen LogP) is 4.75. The minimum atomic E-state index is -4.41. The monoisotopic (exact) mass is 371 g/mol. The Morgan fingerprint density at radius 2 is 1.96 bits per heavy atom. The molecule has 0 spiro atoms. The molecule has 0 unspecified atom stereocenters. The van der Waals surface area contributed by atoms with E-state index in [1.807, 2.05) is 6.92 Å². The van der Waals surface area contributed by atoms with Gasteiger partial charge in [0.15, 0.2) is 6.10 Å². The van der Waals surface area contributed by atoms with Crippen molar-refractivity contribution in [3.05, 3.63) is 64.2 Å². The number of hydrogen-bond acceptors (Lipinski definition) is 2. The van der Waals surface area contributed by atoms with Crippen LogP contribution in [-0.4, -0.2) is 12.0 Å². The van der Waals surface area contributed by atoms with Crippen molar-refractivity contribution in [3.8, 4) is 5.75 Å². The first-order valence-corrected chi connectivity index (χ1v) is 7.91. The van der Waals surface area contributed by atoms with E-state index in [0.717, 1.165) is 17.7 Å². The van der Waals surface area contributed by atoms with Gasteiger partial charge in [-0.15, -0.1) is 0 Å². The van der Waals surface area contributed by atoms with Gasteiger partial charge in [0.25, 0.3) is 5.91 Å². The summed E-state index contributed by atoms with van der Waals surface area (Å²) < 4.78 is 43.6. The highest BCUT2D eigenvalue weighted by Gasteiger charge is 2.30. The van der Waals surface area contributed by atoms with Crippen LogP contribution in [0.1, 0.15) is 23.6 Å². The Morgan fingerprint density at radius 3 is 2.60 bits per heavy atom. The van der Waals surface area contributed by atoms with E-state index in [2.05, 4.69) is 5.32 Å². The zero-order valence-corrected chi connectivity index (χ0v) is 14.4. The smallest absolute Gasteiger partial charge is 0.416 e. The number of nitrogens with one attached hydrogen (secondary N) is 1. The highest BCUT2D eigenvalue weighted by molar-refractivity contribution is 6.31. The molecule has 1 amide bonds. The third-order valence-electron chi connectivity index (χ3n) is 3.53. The van der Waals surface area contributed by atoms with Crippen molar-refractivity contribution in [1.82, 2.24) is 5.32 Å². The van der Waals surface area contributed by atoms with Crippen LogP contribution in [-0.2, 0) is 17.5 Å². The molecule has 0 aliphatic rings. The van der Waals surface area contributed by atoms with Gasteiger partial charge >= 0.3 is 6.18 Å². The molecule has 3 nitrogen and oxygen atoms in total. The van der Waals surface area contributed by atoms with Crippen molar-refractivity contribution in [1.29, 1.82) is 0 Å². The Bertz CT molecular complexity index is 762. The van der Waals surface area contributed by atoms with Gasteiger partial charge in [0.05, 0.1) is 5.56 Å². The van der Waals surface area contributed by atoms with Crippen LogP contribution >= 0.6 is 11.6 Å². The van der Waals surface area contributed by atoms with Gasteiger partial charge < -0.3 is 10.1 Å². The fourth-order valence-electron chi connectivity index (χ4n) is 2.14. The number of amides is 1. The Morgan fingerprint density at radius 1 is 1.24 bits per heavy atom. The molecule has 7 heteroatoms. The molecule has 0 radical (unpaired) electrons. The number of alkyl halides is 3. The fourth-order valence-corrected chi connectivity index (χ4v) is 2.26. The van der Waals surface area contributed by atoms with E-state index < -0.39 is 23.8 Å². The molecule has 1 atom stereocenters. The topological polar surface area (TPSA) is 38.3 Å². The fraction of sp³-hybridized carbons (Fsp3) is 0.278. The number of benzene rings is 2. The number of carbonyl (C=O) groups is 1. The molecule has 2 rings (SSSR count). The predicted molar refractivity (Wildman–Crippen MR) is 89.6 cm³/mol. The highest BCUT2D eigenvalue weighted by atomic mass is 35.5. The van der Waals surface area contributed by atoms with Gasteiger partial charge in [0.2, 0.25) is 0 Å². The van der Waals surface area contributed by atoms with E-state index in [-0.39, 0.29) is 6.54 Å². The first-order chi connectivity index (χ1) is 11.7. The molecule has 1 N–H and O–H groups in total. The number of halogens is 4. The quantitative estimate of drug-likeness (QED) is 0.823. The molecule has 0 heterocycles. The zero-order valence-electron chi connectivity index (χ0n) is 13.7. The molecule has 25 heavy (non-hydrogen) atoms. The summed E-state index contributed by atoms with van der Waals surface area (Å²) in [5, 5.41) is 3.16. The summed E-state index contributed by atoms with van der Waals surface area (Å²) in [6.07, 6.45) is -5.21. The summed E-state index contributed by atoms with van der Waals surface area (Å²) in [5.74, 6) is 0.0635. The second-order valence-electron chi connectivity index (χ2n) is 5.59. The standard InChI is InChI=1S/C18H17ClF3NO2/c1-11-8-15(6-7-16(11)19)25-12(2)17(24)23-10-13-4-3-5-14(9-13)18(20,21)22/h3-9,12H,10H2,1-2H3,(H,23,24)/t12-/m0/s1. The molecular weight excluding hydrogens is 355 g/mol. The van der Waals surface area contributed by atoms with Gasteiger partial charge in [-0.1, -0.05) is 23.7 Å². The maximum atomic E-state index is 12.7. The first-order valence-electron chi connectivity index (χ1n) is 7.53. The normalized spacial score (nSPS) is 12.6. The summed E-state index contributed by atoms with van der Waals surface area (Å²) in [7, 11) is 0. The lowest BCUT2D eigenvalue weighted by atomic mass is 10.1. The molecule has 0 fully saturated rings. The molecule has 2 aromatic carbocycles. The Balaban J connectivity index is 1.94. The van der Waals surface area contributed by atoms with Crippen LogP contribution in [0.3, 0.4) is 0 Å². The van der Waals surface area contributed by atoms with Crippen molar-refractivity contribution in [2.75, 3.05) is 0 Å². The number of ether oxygens (including phenoxy) is 1. The van der Waals surface area contributed by atoms with E-state index in [1.54, 1.807) is 25.1 Å². The van der Waals surface area contributed by atoms with Crippen LogP contribution in [0.25, 0.3) is 0 Å². The van der Waals surface area contributed by atoms with Gasteiger partial charge in [-0.2, -0.15) is 13.2 Å². The molecule has 0 bridgehead atoms. The summed E-state index contributed by atoms with van der Waals surface area (Å²) in [4.78, 5) is 12.1. The number of aryl methyl sites for hydroxylation is 1. The molecular formula is C18H17ClF3NO2. The van der Waals surface area contributed by atoms with Crippen LogP contribution in [0.2, 0.25) is 5.02 Å². The summed E-state index contributed by atoms with van der Waals surface area (Å²) >= 11 is 5.93. The molecule has 0 aliphatic heterocycles. The third kappa shape index (κ3) is 5.39. The van der Waals surface area contributed by atoms with E-state index in [9.17, 15) is 18.0 Å². The van der Waals surface area contributed by atoms with E-state index >= 15 is 0 Å². The molecule has 134 valence electrons. The maximum Gasteiger partial charge on any atom is 0.416 e. The lowest BCUT2D eigenvalue weighted by molar-refractivity contribution is -0.137. The van der Waals surface area contributed by atoms with Crippen molar-refractivity contribution in [2.24, 2.45) is 0 Å². The molecule has 2 aromatic rings. The number of carbonyl (C=O) groups excluding carboxylic acids is 1. The van der Waals surface area contributed by atoms with E-state index in [0.29, 0.717) is 16.3 Å². The minimum absolute atomic E-state index is 0.0178. The van der Waals surface area contributed by atoms with Crippen LogP contribution in [0.4, 0.5) is 13.2 Å². The summed E-state index contributed by atoms with van der Waals surface area (Å²) in [6.45, 7) is 3.36. The second kappa shape index (κ2) is 7.78. The van der Waals surface area contributed by atoms with Gasteiger partial charge in [-0.3, -0.25) is 4.79 Å². The molecule has 0 aliphatic carbocycles. The average Bonchev–Trinajstić information content (AvgIpc) is 2.55. The van der Waals surface area contributed by atoms with E-state index in [4.69, 9.17) is 16.3 Å². The van der Waals surface area contributed by atoms with Gasteiger partial charge in [-0.05, 0) is 55.3 Å². The SMILES string of the molecule is Cc1cc(O[C@@H](C)C(=O)NCc2cccc(C(F)(F)F)c2)ccc1Cl. The van der Waals surface area contributed by atoms with Gasteiger partial charge in [-0.25, -0.2) is 0 Å². The highest BCUT2D eigenvalue weighted by Crippen LogP contribution is 2.29. The maximum absolute atomic E-state index is 12.7.